The molecule has 5 heteroatoms. The van der Waals surface area contributed by atoms with E-state index in [1.54, 1.807) is 0 Å². The zero-order valence-electron chi connectivity index (χ0n) is 34.1. The molecular formula is C47H80O5. The number of rotatable bonds is 38. The molecule has 0 spiro atoms. The van der Waals surface area contributed by atoms with Crippen LogP contribution in [0.2, 0.25) is 0 Å². The van der Waals surface area contributed by atoms with Crippen molar-refractivity contribution in [2.45, 2.75) is 194 Å². The van der Waals surface area contributed by atoms with Crippen molar-refractivity contribution < 1.29 is 23.8 Å². The van der Waals surface area contributed by atoms with Crippen LogP contribution in [0.25, 0.3) is 0 Å². The summed E-state index contributed by atoms with van der Waals surface area (Å²) in [7, 11) is 0. The third-order valence-corrected chi connectivity index (χ3v) is 8.71. The lowest BCUT2D eigenvalue weighted by Crippen LogP contribution is -2.30. The Morgan fingerprint density at radius 1 is 0.442 bits per heavy atom. The number of allylic oxidation sites excluding steroid dienone is 12. The molecule has 0 saturated carbocycles. The molecule has 0 N–H and O–H groups in total. The van der Waals surface area contributed by atoms with Crippen molar-refractivity contribution in [1.82, 2.24) is 0 Å². The smallest absolute Gasteiger partial charge is 0.306 e. The molecule has 0 bridgehead atoms. The average molecular weight is 725 g/mol. The number of ether oxygens (including phenoxy) is 3. The van der Waals surface area contributed by atoms with Crippen molar-refractivity contribution >= 4 is 11.9 Å². The third-order valence-electron chi connectivity index (χ3n) is 8.71. The highest BCUT2D eigenvalue weighted by Crippen LogP contribution is 2.12. The highest BCUT2D eigenvalue weighted by Gasteiger charge is 2.17. The van der Waals surface area contributed by atoms with Crippen LogP contribution < -0.4 is 0 Å². The second-order valence-corrected chi connectivity index (χ2v) is 13.9. The van der Waals surface area contributed by atoms with Crippen LogP contribution in [0.4, 0.5) is 0 Å². The van der Waals surface area contributed by atoms with Crippen LogP contribution in [0.15, 0.2) is 72.9 Å². The van der Waals surface area contributed by atoms with Gasteiger partial charge in [-0.05, 0) is 83.5 Å². The maximum Gasteiger partial charge on any atom is 0.306 e. The van der Waals surface area contributed by atoms with E-state index >= 15 is 0 Å². The Bertz CT molecular complexity index is 957. The normalized spacial score (nSPS) is 12.9. The van der Waals surface area contributed by atoms with Crippen molar-refractivity contribution in [1.29, 1.82) is 0 Å². The summed E-state index contributed by atoms with van der Waals surface area (Å²) in [5.74, 6) is -0.443. The molecule has 0 heterocycles. The molecule has 5 nitrogen and oxygen atoms in total. The van der Waals surface area contributed by atoms with E-state index in [-0.39, 0.29) is 25.2 Å². The fourth-order valence-corrected chi connectivity index (χ4v) is 5.54. The van der Waals surface area contributed by atoms with Crippen LogP contribution in [0.5, 0.6) is 0 Å². The molecule has 0 aliphatic rings. The Balaban J connectivity index is 4.27. The van der Waals surface area contributed by atoms with Crippen LogP contribution in [-0.2, 0) is 23.8 Å². The van der Waals surface area contributed by atoms with Gasteiger partial charge in [0.2, 0.25) is 0 Å². The van der Waals surface area contributed by atoms with E-state index in [4.69, 9.17) is 14.2 Å². The number of unbranched alkanes of at least 4 members (excludes halogenated alkanes) is 15. The number of hydrogen-bond donors (Lipinski definition) is 0. The molecule has 0 aliphatic heterocycles. The number of esters is 2. The van der Waals surface area contributed by atoms with E-state index in [1.165, 1.54) is 44.9 Å². The van der Waals surface area contributed by atoms with Crippen molar-refractivity contribution in [3.8, 4) is 0 Å². The summed E-state index contributed by atoms with van der Waals surface area (Å²) in [6.07, 6.45) is 53.4. The predicted octanol–water partition coefficient (Wildman–Crippen LogP) is 14.0. The van der Waals surface area contributed by atoms with Gasteiger partial charge in [0.1, 0.15) is 6.61 Å². The summed E-state index contributed by atoms with van der Waals surface area (Å²) in [5, 5.41) is 0. The summed E-state index contributed by atoms with van der Waals surface area (Å²) >= 11 is 0. The Morgan fingerprint density at radius 2 is 0.904 bits per heavy atom. The van der Waals surface area contributed by atoms with E-state index in [1.807, 2.05) is 0 Å². The first-order chi connectivity index (χ1) is 25.6. The predicted molar refractivity (Wildman–Crippen MR) is 224 cm³/mol. The summed E-state index contributed by atoms with van der Waals surface area (Å²) < 4.78 is 17.2. The molecule has 1 atom stereocenters. The first kappa shape index (κ1) is 49.3. The van der Waals surface area contributed by atoms with Gasteiger partial charge in [-0.1, -0.05) is 164 Å². The maximum absolute atomic E-state index is 12.6. The van der Waals surface area contributed by atoms with Gasteiger partial charge in [-0.3, -0.25) is 9.59 Å². The molecule has 0 radical (unpaired) electrons. The van der Waals surface area contributed by atoms with Gasteiger partial charge in [0.05, 0.1) is 6.61 Å². The standard InChI is InChI=1S/C47H80O5/c1-4-7-10-13-16-18-20-22-23-24-26-28-30-33-36-39-42-50-43-45(52-47(49)41-38-35-31-15-12-9-6-3)44-51-46(48)40-37-34-32-29-27-25-21-19-17-14-11-8-5-2/h7,10-11,14,16,18-19,21-23,26,28,45H,4-6,8-9,12-13,15,17,20,24-25,27,29-44H2,1-3H3/b10-7-,14-11-,18-16-,21-19-,23-22-,28-26-. The zero-order valence-corrected chi connectivity index (χ0v) is 34.1. The van der Waals surface area contributed by atoms with Gasteiger partial charge in [0, 0.05) is 19.4 Å². The summed E-state index contributed by atoms with van der Waals surface area (Å²) in [4.78, 5) is 25.1. The van der Waals surface area contributed by atoms with E-state index < -0.39 is 6.10 Å². The molecule has 298 valence electrons. The van der Waals surface area contributed by atoms with E-state index in [9.17, 15) is 9.59 Å². The number of hydrogen-bond acceptors (Lipinski definition) is 5. The topological polar surface area (TPSA) is 61.8 Å². The molecule has 0 amide bonds. The lowest BCUT2D eigenvalue weighted by Gasteiger charge is -2.18. The molecule has 0 aromatic carbocycles. The first-order valence-electron chi connectivity index (χ1n) is 21.5. The highest BCUT2D eigenvalue weighted by molar-refractivity contribution is 5.70. The van der Waals surface area contributed by atoms with Gasteiger partial charge in [0.15, 0.2) is 6.10 Å². The minimum Gasteiger partial charge on any atom is -0.462 e. The molecule has 0 aromatic rings. The number of carbonyl (C=O) groups excluding carboxylic acids is 2. The number of carbonyl (C=O) groups is 2. The summed E-state index contributed by atoms with van der Waals surface area (Å²) in [5.41, 5.74) is 0. The quantitative estimate of drug-likeness (QED) is 0.0360. The molecule has 1 unspecified atom stereocenters. The highest BCUT2D eigenvalue weighted by atomic mass is 16.6. The molecule has 0 aliphatic carbocycles. The minimum atomic E-state index is -0.555. The van der Waals surface area contributed by atoms with Crippen LogP contribution >= 0.6 is 0 Å². The van der Waals surface area contributed by atoms with Gasteiger partial charge < -0.3 is 14.2 Å². The Labute approximate surface area is 321 Å². The van der Waals surface area contributed by atoms with E-state index in [0.717, 1.165) is 109 Å². The monoisotopic (exact) mass is 725 g/mol. The fraction of sp³-hybridized carbons (Fsp3) is 0.702. The fourth-order valence-electron chi connectivity index (χ4n) is 5.54. The van der Waals surface area contributed by atoms with Crippen molar-refractivity contribution in [2.75, 3.05) is 19.8 Å². The van der Waals surface area contributed by atoms with E-state index in [2.05, 4.69) is 93.7 Å². The van der Waals surface area contributed by atoms with Gasteiger partial charge >= 0.3 is 11.9 Å². The molecule has 0 fully saturated rings. The Morgan fingerprint density at radius 3 is 1.46 bits per heavy atom. The van der Waals surface area contributed by atoms with Crippen molar-refractivity contribution in [3.63, 3.8) is 0 Å². The van der Waals surface area contributed by atoms with Crippen LogP contribution in [0, 0.1) is 0 Å². The van der Waals surface area contributed by atoms with Gasteiger partial charge in [-0.2, -0.15) is 0 Å². The molecule has 52 heavy (non-hydrogen) atoms. The summed E-state index contributed by atoms with van der Waals surface area (Å²) in [6, 6.07) is 0. The first-order valence-corrected chi connectivity index (χ1v) is 21.5. The average Bonchev–Trinajstić information content (AvgIpc) is 3.14. The zero-order chi connectivity index (χ0) is 37.8. The lowest BCUT2D eigenvalue weighted by atomic mass is 10.1. The van der Waals surface area contributed by atoms with Gasteiger partial charge in [0.25, 0.3) is 0 Å². The Hall–Kier alpha value is -2.66. The summed E-state index contributed by atoms with van der Waals surface area (Å²) in [6.45, 7) is 7.51. The lowest BCUT2D eigenvalue weighted by molar-refractivity contribution is -0.163. The van der Waals surface area contributed by atoms with Gasteiger partial charge in [-0.25, -0.2) is 0 Å². The van der Waals surface area contributed by atoms with Crippen LogP contribution in [-0.4, -0.2) is 37.9 Å². The van der Waals surface area contributed by atoms with Crippen molar-refractivity contribution in [2.24, 2.45) is 0 Å². The largest absolute Gasteiger partial charge is 0.462 e. The van der Waals surface area contributed by atoms with E-state index in [0.29, 0.717) is 19.4 Å². The Kier molecular flexibility index (Phi) is 40.6. The molecule has 0 rings (SSSR count). The molecule has 0 aromatic heterocycles. The third kappa shape index (κ3) is 40.1. The molecule has 0 saturated heterocycles. The van der Waals surface area contributed by atoms with Gasteiger partial charge in [-0.15, -0.1) is 0 Å². The molecular weight excluding hydrogens is 645 g/mol. The minimum absolute atomic E-state index is 0.0629. The van der Waals surface area contributed by atoms with Crippen LogP contribution in [0.3, 0.4) is 0 Å². The second kappa shape index (κ2) is 42.8. The SMILES string of the molecule is CC/C=C\C/C=C\C/C=C\C/C=C\CCCCCOCC(COC(=O)CCCCCCC/C=C\C/C=C\CCC)OC(=O)CCCCCCCCC. The maximum atomic E-state index is 12.6. The van der Waals surface area contributed by atoms with Crippen molar-refractivity contribution in [3.05, 3.63) is 72.9 Å². The second-order valence-electron chi connectivity index (χ2n) is 13.9. The van der Waals surface area contributed by atoms with Crippen LogP contribution in [0.1, 0.15) is 188 Å².